The van der Waals surface area contributed by atoms with E-state index in [0.717, 1.165) is 5.56 Å². The molecule has 0 aliphatic rings. The number of hydrogen-bond donors (Lipinski definition) is 1. The van der Waals surface area contributed by atoms with Gasteiger partial charge in [0.15, 0.2) is 5.52 Å². The minimum atomic E-state index is -0.493. The van der Waals surface area contributed by atoms with Gasteiger partial charge in [-0.25, -0.2) is 4.98 Å². The maximum atomic E-state index is 10.9. The molecule has 1 aromatic carbocycles. The molecule has 0 saturated carbocycles. The van der Waals surface area contributed by atoms with Crippen LogP contribution in [0, 0.1) is 17.0 Å². The quantitative estimate of drug-likeness (QED) is 0.633. The molecule has 0 bridgehead atoms. The van der Waals surface area contributed by atoms with Crippen LogP contribution in [0.5, 0.6) is 5.75 Å². The van der Waals surface area contributed by atoms with Gasteiger partial charge in [-0.2, -0.15) is 0 Å². The molecule has 6 nitrogen and oxygen atoms in total. The summed E-state index contributed by atoms with van der Waals surface area (Å²) in [5.41, 5.74) is 6.61. The number of ether oxygens (including phenoxy) is 1. The van der Waals surface area contributed by atoms with Crippen molar-refractivity contribution in [2.45, 2.75) is 6.92 Å². The Labute approximate surface area is 97.2 Å². The Morgan fingerprint density at radius 1 is 1.41 bits per heavy atom. The van der Waals surface area contributed by atoms with Crippen LogP contribution in [-0.4, -0.2) is 17.0 Å². The van der Waals surface area contributed by atoms with Crippen LogP contribution in [0.4, 0.5) is 11.5 Å². The zero-order valence-electron chi connectivity index (χ0n) is 9.43. The van der Waals surface area contributed by atoms with E-state index in [9.17, 15) is 10.1 Å². The van der Waals surface area contributed by atoms with E-state index in [2.05, 4.69) is 4.98 Å². The summed E-state index contributed by atoms with van der Waals surface area (Å²) >= 11 is 0. The highest BCUT2D eigenvalue weighted by Crippen LogP contribution is 2.31. The molecular formula is C11H11N3O3. The van der Waals surface area contributed by atoms with E-state index in [1.54, 1.807) is 19.1 Å². The van der Waals surface area contributed by atoms with Gasteiger partial charge in [-0.15, -0.1) is 0 Å². The van der Waals surface area contributed by atoms with Crippen molar-refractivity contribution >= 4 is 22.4 Å². The number of nitrogen functional groups attached to an aromatic ring is 1. The number of methoxy groups -OCH3 is 1. The fourth-order valence-corrected chi connectivity index (χ4v) is 1.62. The molecule has 0 amide bonds. The number of aromatic nitrogens is 1. The van der Waals surface area contributed by atoms with Crippen LogP contribution in [-0.2, 0) is 0 Å². The smallest absolute Gasteiger partial charge is 0.299 e. The maximum Gasteiger partial charge on any atom is 0.299 e. The summed E-state index contributed by atoms with van der Waals surface area (Å²) < 4.78 is 5.02. The van der Waals surface area contributed by atoms with Crippen molar-refractivity contribution in [1.29, 1.82) is 0 Å². The number of fused-ring (bicyclic) bond motifs is 1. The second kappa shape index (κ2) is 3.89. The standard InChI is InChI=1S/C11H11N3O3/c1-6-3-7-4-8(17-2)5-9(14(15)16)10(7)13-11(6)12/h3-5H,1-2H3,(H2,12,13). The molecule has 0 aliphatic heterocycles. The lowest BCUT2D eigenvalue weighted by molar-refractivity contribution is -0.383. The third-order valence-electron chi connectivity index (χ3n) is 2.53. The summed E-state index contributed by atoms with van der Waals surface area (Å²) in [5.74, 6) is 0.723. The van der Waals surface area contributed by atoms with Crippen molar-refractivity contribution < 1.29 is 9.66 Å². The number of rotatable bonds is 2. The van der Waals surface area contributed by atoms with Crippen LogP contribution in [0.2, 0.25) is 0 Å². The summed E-state index contributed by atoms with van der Waals surface area (Å²) in [7, 11) is 1.46. The zero-order chi connectivity index (χ0) is 12.6. The van der Waals surface area contributed by atoms with Gasteiger partial charge in [0, 0.05) is 5.39 Å². The Hall–Kier alpha value is -2.37. The second-order valence-electron chi connectivity index (χ2n) is 3.67. The molecule has 0 atom stereocenters. The number of aryl methyl sites for hydroxylation is 1. The third-order valence-corrected chi connectivity index (χ3v) is 2.53. The summed E-state index contributed by atoms with van der Waals surface area (Å²) in [6.45, 7) is 1.80. The van der Waals surface area contributed by atoms with E-state index in [0.29, 0.717) is 17.0 Å². The number of nitrogens with two attached hydrogens (primary N) is 1. The van der Waals surface area contributed by atoms with E-state index >= 15 is 0 Å². The fraction of sp³-hybridized carbons (Fsp3) is 0.182. The second-order valence-corrected chi connectivity index (χ2v) is 3.67. The molecule has 1 heterocycles. The number of pyridine rings is 1. The maximum absolute atomic E-state index is 10.9. The molecule has 0 radical (unpaired) electrons. The number of nitro groups is 1. The number of anilines is 1. The number of benzene rings is 1. The first-order valence-corrected chi connectivity index (χ1v) is 4.92. The lowest BCUT2D eigenvalue weighted by Crippen LogP contribution is -1.98. The molecule has 0 fully saturated rings. The Morgan fingerprint density at radius 3 is 2.71 bits per heavy atom. The van der Waals surface area contributed by atoms with Crippen LogP contribution in [0.15, 0.2) is 18.2 Å². The predicted octanol–water partition coefficient (Wildman–Crippen LogP) is 2.04. The van der Waals surface area contributed by atoms with Crippen molar-refractivity contribution in [1.82, 2.24) is 4.98 Å². The highest BCUT2D eigenvalue weighted by molar-refractivity contribution is 5.90. The van der Waals surface area contributed by atoms with Crippen LogP contribution >= 0.6 is 0 Å². The minimum Gasteiger partial charge on any atom is -0.496 e. The lowest BCUT2D eigenvalue weighted by atomic mass is 10.1. The van der Waals surface area contributed by atoms with Gasteiger partial charge in [0.2, 0.25) is 0 Å². The monoisotopic (exact) mass is 233 g/mol. The molecule has 6 heteroatoms. The molecule has 2 rings (SSSR count). The van der Waals surface area contributed by atoms with Gasteiger partial charge >= 0.3 is 0 Å². The third kappa shape index (κ3) is 1.84. The number of hydrogen-bond acceptors (Lipinski definition) is 5. The minimum absolute atomic E-state index is 0.106. The fourth-order valence-electron chi connectivity index (χ4n) is 1.62. The highest BCUT2D eigenvalue weighted by atomic mass is 16.6. The lowest BCUT2D eigenvalue weighted by Gasteiger charge is -2.06. The summed E-state index contributed by atoms with van der Waals surface area (Å²) in [6.07, 6.45) is 0. The summed E-state index contributed by atoms with van der Waals surface area (Å²) in [4.78, 5) is 14.5. The largest absolute Gasteiger partial charge is 0.496 e. The molecule has 17 heavy (non-hydrogen) atoms. The van der Waals surface area contributed by atoms with E-state index < -0.39 is 4.92 Å². The SMILES string of the molecule is COc1cc([N+](=O)[O-])c2nc(N)c(C)cc2c1. The van der Waals surface area contributed by atoms with Crippen LogP contribution < -0.4 is 10.5 Å². The number of nitrogens with zero attached hydrogens (tertiary/aromatic N) is 2. The van der Waals surface area contributed by atoms with E-state index in [1.165, 1.54) is 13.2 Å². The number of nitro benzene ring substituents is 1. The normalized spacial score (nSPS) is 10.5. The highest BCUT2D eigenvalue weighted by Gasteiger charge is 2.16. The topological polar surface area (TPSA) is 91.3 Å². The number of non-ortho nitro benzene ring substituents is 1. The molecule has 0 aliphatic carbocycles. The first kappa shape index (κ1) is 11.1. The first-order chi connectivity index (χ1) is 8.02. The molecule has 88 valence electrons. The van der Waals surface area contributed by atoms with Crippen LogP contribution in [0.1, 0.15) is 5.56 Å². The van der Waals surface area contributed by atoms with Gasteiger partial charge in [-0.05, 0) is 24.6 Å². The molecule has 2 aromatic rings. The van der Waals surface area contributed by atoms with Gasteiger partial charge in [-0.1, -0.05) is 0 Å². The molecular weight excluding hydrogens is 222 g/mol. The van der Waals surface area contributed by atoms with Crippen molar-refractivity contribution in [2.75, 3.05) is 12.8 Å². The predicted molar refractivity (Wildman–Crippen MR) is 64.1 cm³/mol. The molecule has 0 unspecified atom stereocenters. The molecule has 0 saturated heterocycles. The van der Waals surface area contributed by atoms with Gasteiger partial charge in [0.1, 0.15) is 11.6 Å². The van der Waals surface area contributed by atoms with Gasteiger partial charge in [0.25, 0.3) is 5.69 Å². The van der Waals surface area contributed by atoms with Crippen LogP contribution in [0.3, 0.4) is 0 Å². The molecule has 0 spiro atoms. The Bertz CT molecular complexity index is 610. The zero-order valence-corrected chi connectivity index (χ0v) is 9.43. The Balaban J connectivity index is 2.86. The Kier molecular flexibility index (Phi) is 2.55. The molecule has 1 aromatic heterocycles. The first-order valence-electron chi connectivity index (χ1n) is 4.92. The average Bonchev–Trinajstić information content (AvgIpc) is 2.29. The average molecular weight is 233 g/mol. The van der Waals surface area contributed by atoms with Crippen molar-refractivity contribution in [2.24, 2.45) is 0 Å². The Morgan fingerprint density at radius 2 is 2.12 bits per heavy atom. The summed E-state index contributed by atoms with van der Waals surface area (Å²) in [5, 5.41) is 11.6. The van der Waals surface area contributed by atoms with Gasteiger partial charge in [0.05, 0.1) is 18.1 Å². The molecule has 2 N–H and O–H groups in total. The van der Waals surface area contributed by atoms with Crippen molar-refractivity contribution in [3.05, 3.63) is 33.9 Å². The van der Waals surface area contributed by atoms with E-state index in [4.69, 9.17) is 10.5 Å². The van der Waals surface area contributed by atoms with Gasteiger partial charge < -0.3 is 10.5 Å². The van der Waals surface area contributed by atoms with Crippen molar-refractivity contribution in [3.8, 4) is 5.75 Å². The van der Waals surface area contributed by atoms with E-state index in [-0.39, 0.29) is 11.2 Å². The van der Waals surface area contributed by atoms with Gasteiger partial charge in [-0.3, -0.25) is 10.1 Å². The summed E-state index contributed by atoms with van der Waals surface area (Å²) in [6, 6.07) is 4.79. The van der Waals surface area contributed by atoms with E-state index in [1.807, 2.05) is 0 Å². The van der Waals surface area contributed by atoms with Crippen LogP contribution in [0.25, 0.3) is 10.9 Å². The van der Waals surface area contributed by atoms with Crippen molar-refractivity contribution in [3.63, 3.8) is 0 Å².